The molecule has 0 aliphatic carbocycles. The molecule has 2 heterocycles. The first-order chi connectivity index (χ1) is 15.6. The number of piperazine rings is 1. The van der Waals surface area contributed by atoms with E-state index in [9.17, 15) is 9.90 Å². The van der Waals surface area contributed by atoms with E-state index < -0.39 is 0 Å². The zero-order valence-electron chi connectivity index (χ0n) is 18.3. The Bertz CT molecular complexity index is 1120. The second kappa shape index (κ2) is 10.0. The number of aromatic nitrogens is 1. The quantitative estimate of drug-likeness (QED) is 0.480. The van der Waals surface area contributed by atoms with Crippen molar-refractivity contribution in [2.75, 3.05) is 38.1 Å². The fraction of sp³-hybridized carbons (Fsp3) is 0.280. The van der Waals surface area contributed by atoms with Gasteiger partial charge in [0.05, 0.1) is 12.2 Å². The van der Waals surface area contributed by atoms with Crippen molar-refractivity contribution in [3.8, 4) is 5.75 Å². The van der Waals surface area contributed by atoms with Gasteiger partial charge in [-0.2, -0.15) is 0 Å². The van der Waals surface area contributed by atoms with Crippen molar-refractivity contribution < 1.29 is 5.11 Å². The molecule has 166 valence electrons. The van der Waals surface area contributed by atoms with Crippen molar-refractivity contribution in [3.63, 3.8) is 0 Å². The van der Waals surface area contributed by atoms with Crippen LogP contribution in [0.25, 0.3) is 0 Å². The molecule has 1 aliphatic rings. The van der Waals surface area contributed by atoms with Crippen LogP contribution in [0.4, 0.5) is 5.69 Å². The molecule has 0 atom stereocenters. The molecule has 2 N–H and O–H groups in total. The van der Waals surface area contributed by atoms with Crippen LogP contribution in [0.1, 0.15) is 11.1 Å². The summed E-state index contributed by atoms with van der Waals surface area (Å²) < 4.78 is 1.70. The molecule has 1 fully saturated rings. The third-order valence-electron chi connectivity index (χ3n) is 5.74. The van der Waals surface area contributed by atoms with E-state index in [-0.39, 0.29) is 5.56 Å². The number of hydrogen-bond donors (Lipinski definition) is 2. The lowest BCUT2D eigenvalue weighted by atomic mass is 10.1. The summed E-state index contributed by atoms with van der Waals surface area (Å²) in [6, 6.07) is 21.0. The van der Waals surface area contributed by atoms with E-state index in [1.54, 1.807) is 36.0 Å². The Morgan fingerprint density at radius 1 is 0.938 bits per heavy atom. The van der Waals surface area contributed by atoms with Gasteiger partial charge in [-0.05, 0) is 29.3 Å². The number of benzene rings is 2. The summed E-state index contributed by atoms with van der Waals surface area (Å²) >= 11 is 0. The number of phenols is 1. The average molecular weight is 432 g/mol. The maximum atomic E-state index is 11.9. The number of pyridine rings is 1. The number of rotatable bonds is 5. The van der Waals surface area contributed by atoms with Gasteiger partial charge in [0.15, 0.2) is 5.96 Å². The molecule has 0 spiro atoms. The number of aliphatic imine (C=N–C) groups is 1. The Morgan fingerprint density at radius 2 is 1.62 bits per heavy atom. The standard InChI is InChI=1S/C25H29N5O2/c1-26-25(29-16-14-28(15-17-29)22-6-2-3-7-23(22)31)27-18-20-9-11-21(12-10-20)19-30-13-5-4-8-24(30)32/h2-13,31H,14-19H2,1H3,(H,26,27). The van der Waals surface area contributed by atoms with Crippen LogP contribution in [0, 0.1) is 0 Å². The third kappa shape index (κ3) is 5.11. The summed E-state index contributed by atoms with van der Waals surface area (Å²) in [4.78, 5) is 20.8. The zero-order chi connectivity index (χ0) is 22.3. The highest BCUT2D eigenvalue weighted by molar-refractivity contribution is 5.80. The van der Waals surface area contributed by atoms with E-state index in [1.165, 1.54) is 0 Å². The molecule has 1 aromatic heterocycles. The van der Waals surface area contributed by atoms with E-state index in [1.807, 2.05) is 24.3 Å². The Labute approximate surface area is 188 Å². The maximum Gasteiger partial charge on any atom is 0.250 e. The van der Waals surface area contributed by atoms with Crippen LogP contribution in [0.3, 0.4) is 0 Å². The van der Waals surface area contributed by atoms with E-state index >= 15 is 0 Å². The Balaban J connectivity index is 1.30. The molecule has 2 aromatic carbocycles. The minimum absolute atomic E-state index is 0.00427. The summed E-state index contributed by atoms with van der Waals surface area (Å²) in [6.45, 7) is 4.56. The summed E-state index contributed by atoms with van der Waals surface area (Å²) in [7, 11) is 1.80. The van der Waals surface area contributed by atoms with Crippen molar-refractivity contribution in [3.05, 3.63) is 94.4 Å². The predicted octanol–water partition coefficient (Wildman–Crippen LogP) is 2.50. The van der Waals surface area contributed by atoms with Gasteiger partial charge in [0.25, 0.3) is 5.56 Å². The highest BCUT2D eigenvalue weighted by Crippen LogP contribution is 2.27. The molecule has 4 rings (SSSR count). The highest BCUT2D eigenvalue weighted by atomic mass is 16.3. The average Bonchev–Trinajstić information content (AvgIpc) is 2.83. The first-order valence-corrected chi connectivity index (χ1v) is 10.9. The van der Waals surface area contributed by atoms with Gasteiger partial charge >= 0.3 is 0 Å². The number of phenolic OH excluding ortho intramolecular Hbond substituents is 1. The minimum atomic E-state index is 0.00427. The van der Waals surface area contributed by atoms with E-state index in [0.29, 0.717) is 18.8 Å². The Morgan fingerprint density at radius 3 is 2.31 bits per heavy atom. The molecule has 3 aromatic rings. The summed E-state index contributed by atoms with van der Waals surface area (Å²) in [6.07, 6.45) is 1.81. The molecule has 0 bridgehead atoms. The predicted molar refractivity (Wildman–Crippen MR) is 128 cm³/mol. The molecule has 1 aliphatic heterocycles. The molecule has 7 heteroatoms. The van der Waals surface area contributed by atoms with Crippen molar-refractivity contribution in [1.29, 1.82) is 0 Å². The highest BCUT2D eigenvalue weighted by Gasteiger charge is 2.21. The fourth-order valence-electron chi connectivity index (χ4n) is 3.95. The number of guanidine groups is 1. The van der Waals surface area contributed by atoms with Gasteiger partial charge in [0.1, 0.15) is 5.75 Å². The third-order valence-corrected chi connectivity index (χ3v) is 5.74. The van der Waals surface area contributed by atoms with Gasteiger partial charge in [-0.25, -0.2) is 0 Å². The largest absolute Gasteiger partial charge is 0.506 e. The normalized spacial score (nSPS) is 14.5. The van der Waals surface area contributed by atoms with E-state index in [2.05, 4.69) is 44.4 Å². The van der Waals surface area contributed by atoms with Crippen LogP contribution < -0.4 is 15.8 Å². The number of para-hydroxylation sites is 2. The van der Waals surface area contributed by atoms with Crippen LogP contribution in [-0.2, 0) is 13.1 Å². The van der Waals surface area contributed by atoms with E-state index in [4.69, 9.17) is 0 Å². The molecule has 0 saturated carbocycles. The summed E-state index contributed by atoms with van der Waals surface area (Å²) in [5, 5.41) is 13.6. The van der Waals surface area contributed by atoms with Crippen LogP contribution in [0.2, 0.25) is 0 Å². The molecule has 1 saturated heterocycles. The number of nitrogens with one attached hydrogen (secondary N) is 1. The molecular formula is C25H29N5O2. The second-order valence-electron chi connectivity index (χ2n) is 7.85. The summed E-state index contributed by atoms with van der Waals surface area (Å²) in [5.74, 6) is 1.20. The van der Waals surface area contributed by atoms with Crippen LogP contribution in [0.5, 0.6) is 5.75 Å². The van der Waals surface area contributed by atoms with Crippen molar-refractivity contribution >= 4 is 11.6 Å². The van der Waals surface area contributed by atoms with Crippen LogP contribution in [0.15, 0.2) is 82.7 Å². The van der Waals surface area contributed by atoms with Crippen molar-refractivity contribution in [1.82, 2.24) is 14.8 Å². The Hall–Kier alpha value is -3.74. The minimum Gasteiger partial charge on any atom is -0.506 e. The second-order valence-corrected chi connectivity index (χ2v) is 7.85. The van der Waals surface area contributed by atoms with E-state index in [0.717, 1.165) is 49.0 Å². The Kier molecular flexibility index (Phi) is 6.75. The number of hydrogen-bond acceptors (Lipinski definition) is 4. The smallest absolute Gasteiger partial charge is 0.250 e. The lowest BCUT2D eigenvalue weighted by molar-refractivity contribution is 0.369. The van der Waals surface area contributed by atoms with Gasteiger partial charge in [-0.1, -0.05) is 42.5 Å². The monoisotopic (exact) mass is 431 g/mol. The summed E-state index contributed by atoms with van der Waals surface area (Å²) in [5.41, 5.74) is 3.13. The number of nitrogens with zero attached hydrogens (tertiary/aromatic N) is 4. The lowest BCUT2D eigenvalue weighted by Gasteiger charge is -2.37. The van der Waals surface area contributed by atoms with Crippen LogP contribution in [-0.4, -0.2) is 53.8 Å². The molecular weight excluding hydrogens is 402 g/mol. The molecule has 0 amide bonds. The number of aromatic hydroxyl groups is 1. The van der Waals surface area contributed by atoms with Crippen molar-refractivity contribution in [2.24, 2.45) is 4.99 Å². The van der Waals surface area contributed by atoms with Gasteiger partial charge in [-0.15, -0.1) is 0 Å². The zero-order valence-corrected chi connectivity index (χ0v) is 18.3. The van der Waals surface area contributed by atoms with Crippen LogP contribution >= 0.6 is 0 Å². The van der Waals surface area contributed by atoms with Gasteiger partial charge in [0.2, 0.25) is 0 Å². The van der Waals surface area contributed by atoms with Gasteiger partial charge in [-0.3, -0.25) is 9.79 Å². The fourth-order valence-corrected chi connectivity index (χ4v) is 3.95. The molecule has 32 heavy (non-hydrogen) atoms. The molecule has 0 radical (unpaired) electrons. The maximum absolute atomic E-state index is 11.9. The SMILES string of the molecule is CN=C(NCc1ccc(Cn2ccccc2=O)cc1)N1CCN(c2ccccc2O)CC1. The van der Waals surface area contributed by atoms with Crippen molar-refractivity contribution in [2.45, 2.75) is 13.1 Å². The van der Waals surface area contributed by atoms with Gasteiger partial charge in [0, 0.05) is 52.0 Å². The van der Waals surface area contributed by atoms with Gasteiger partial charge < -0.3 is 24.8 Å². The lowest BCUT2D eigenvalue weighted by Crippen LogP contribution is -2.52. The first-order valence-electron chi connectivity index (χ1n) is 10.9. The molecule has 0 unspecified atom stereocenters. The topological polar surface area (TPSA) is 73.1 Å². The number of anilines is 1. The molecule has 7 nitrogen and oxygen atoms in total. The first kappa shape index (κ1) is 21.5.